The van der Waals surface area contributed by atoms with Crippen LogP contribution < -0.4 is 4.90 Å². The van der Waals surface area contributed by atoms with Gasteiger partial charge in [0.05, 0.1) is 16.3 Å². The Morgan fingerprint density at radius 2 is 2.10 bits per heavy atom. The van der Waals surface area contributed by atoms with Gasteiger partial charge in [0.15, 0.2) is 0 Å². The second kappa shape index (κ2) is 6.13. The van der Waals surface area contributed by atoms with Crippen molar-refractivity contribution in [3.8, 4) is 0 Å². The first-order valence-electron chi connectivity index (χ1n) is 5.75. The number of amides is 1. The molecule has 0 bridgehead atoms. The van der Waals surface area contributed by atoms with Gasteiger partial charge in [-0.3, -0.25) is 4.79 Å². The van der Waals surface area contributed by atoms with Gasteiger partial charge in [-0.05, 0) is 36.7 Å². The highest BCUT2D eigenvalue weighted by molar-refractivity contribution is 9.10. The first-order chi connectivity index (χ1) is 9.82. The zero-order chi connectivity index (χ0) is 15.7. The molecule has 110 valence electrons. The molecule has 0 radical (unpaired) electrons. The van der Waals surface area contributed by atoms with Crippen LogP contribution in [0.15, 0.2) is 22.7 Å². The third kappa shape index (κ3) is 3.09. The number of benzene rings is 1. The predicted octanol–water partition coefficient (Wildman–Crippen LogP) is 3.84. The molecule has 0 saturated heterocycles. The number of nitrogens with zero attached hydrogens (tertiary/aromatic N) is 2. The van der Waals surface area contributed by atoms with Crippen LogP contribution in [0.2, 0.25) is 5.02 Å². The molecule has 5 nitrogen and oxygen atoms in total. The second-order valence-electron chi connectivity index (χ2n) is 4.24. The van der Waals surface area contributed by atoms with Crippen molar-refractivity contribution in [3.63, 3.8) is 0 Å². The van der Waals surface area contributed by atoms with E-state index in [4.69, 9.17) is 11.6 Å². The number of carbonyl (C=O) groups is 2. The van der Waals surface area contributed by atoms with E-state index < -0.39 is 11.9 Å². The SMILES string of the molecule is Cc1nsc(N(C)C(=O)c2ccc(Br)cc2Cl)c1C(=O)O. The molecule has 1 heterocycles. The average Bonchev–Trinajstić information content (AvgIpc) is 2.79. The molecule has 21 heavy (non-hydrogen) atoms. The monoisotopic (exact) mass is 388 g/mol. The first kappa shape index (κ1) is 15.9. The molecule has 0 aliphatic carbocycles. The largest absolute Gasteiger partial charge is 0.478 e. The summed E-state index contributed by atoms with van der Waals surface area (Å²) in [5.74, 6) is -1.50. The summed E-state index contributed by atoms with van der Waals surface area (Å²) < 4.78 is 4.75. The number of rotatable bonds is 3. The number of carbonyl (C=O) groups excluding carboxylic acids is 1. The highest BCUT2D eigenvalue weighted by Crippen LogP contribution is 2.30. The highest BCUT2D eigenvalue weighted by atomic mass is 79.9. The lowest BCUT2D eigenvalue weighted by atomic mass is 10.2. The van der Waals surface area contributed by atoms with Crippen LogP contribution in [-0.2, 0) is 0 Å². The number of hydrogen-bond donors (Lipinski definition) is 1. The Labute approximate surface area is 138 Å². The van der Waals surface area contributed by atoms with Crippen LogP contribution in [0.3, 0.4) is 0 Å². The van der Waals surface area contributed by atoms with Crippen LogP contribution in [0.5, 0.6) is 0 Å². The molecule has 0 spiro atoms. The molecule has 1 aromatic carbocycles. The van der Waals surface area contributed by atoms with Gasteiger partial charge in [-0.15, -0.1) is 0 Å². The number of hydrogen-bond acceptors (Lipinski definition) is 4. The molecular formula is C13H10BrClN2O3S. The highest BCUT2D eigenvalue weighted by Gasteiger charge is 2.25. The van der Waals surface area contributed by atoms with Crippen LogP contribution in [0, 0.1) is 6.92 Å². The molecule has 0 saturated carbocycles. The minimum atomic E-state index is -1.11. The lowest BCUT2D eigenvalue weighted by Crippen LogP contribution is -2.27. The smallest absolute Gasteiger partial charge is 0.340 e. The van der Waals surface area contributed by atoms with E-state index >= 15 is 0 Å². The van der Waals surface area contributed by atoms with E-state index in [2.05, 4.69) is 20.3 Å². The lowest BCUT2D eigenvalue weighted by molar-refractivity contribution is 0.0697. The maximum atomic E-state index is 12.5. The van der Waals surface area contributed by atoms with E-state index in [0.717, 1.165) is 16.0 Å². The second-order valence-corrected chi connectivity index (χ2v) is 6.32. The van der Waals surface area contributed by atoms with Crippen LogP contribution in [0.4, 0.5) is 5.00 Å². The molecule has 0 aliphatic rings. The van der Waals surface area contributed by atoms with Crippen molar-refractivity contribution in [1.29, 1.82) is 0 Å². The van der Waals surface area contributed by atoms with Crippen LogP contribution >= 0.6 is 39.1 Å². The van der Waals surface area contributed by atoms with E-state index in [1.165, 1.54) is 11.9 Å². The standard InChI is InChI=1S/C13H10BrClN2O3S/c1-6-10(13(19)20)12(21-16-6)17(2)11(18)8-4-3-7(14)5-9(8)15/h3-5H,1-2H3,(H,19,20). The Balaban J connectivity index is 2.42. The Morgan fingerprint density at radius 1 is 1.43 bits per heavy atom. The minimum absolute atomic E-state index is 0.0316. The molecule has 1 N–H and O–H groups in total. The zero-order valence-electron chi connectivity index (χ0n) is 11.1. The van der Waals surface area contributed by atoms with Gasteiger partial charge in [-0.1, -0.05) is 27.5 Å². The van der Waals surface area contributed by atoms with Gasteiger partial charge < -0.3 is 10.0 Å². The maximum absolute atomic E-state index is 12.5. The third-order valence-corrected chi connectivity index (χ3v) is 4.65. The van der Waals surface area contributed by atoms with Gasteiger partial charge in [-0.25, -0.2) is 4.79 Å². The average molecular weight is 390 g/mol. The lowest BCUT2D eigenvalue weighted by Gasteiger charge is -2.16. The number of aromatic nitrogens is 1. The Hall–Kier alpha value is -1.44. The van der Waals surface area contributed by atoms with E-state index in [1.807, 2.05) is 0 Å². The molecule has 8 heteroatoms. The summed E-state index contributed by atoms with van der Waals surface area (Å²) in [4.78, 5) is 25.0. The third-order valence-electron chi connectivity index (χ3n) is 2.83. The topological polar surface area (TPSA) is 70.5 Å². The van der Waals surface area contributed by atoms with E-state index in [1.54, 1.807) is 25.1 Å². The number of halogens is 2. The van der Waals surface area contributed by atoms with E-state index in [9.17, 15) is 14.7 Å². The van der Waals surface area contributed by atoms with Crippen LogP contribution in [-0.4, -0.2) is 28.4 Å². The fraction of sp³-hybridized carbons (Fsp3) is 0.154. The molecule has 1 amide bonds. The fourth-order valence-electron chi connectivity index (χ4n) is 1.77. The van der Waals surface area contributed by atoms with Gasteiger partial charge in [0.1, 0.15) is 10.6 Å². The summed E-state index contributed by atoms with van der Waals surface area (Å²) in [7, 11) is 1.50. The van der Waals surface area contributed by atoms with Gasteiger partial charge in [-0.2, -0.15) is 4.37 Å². The first-order valence-corrected chi connectivity index (χ1v) is 7.70. The summed E-state index contributed by atoms with van der Waals surface area (Å²) >= 11 is 10.3. The zero-order valence-corrected chi connectivity index (χ0v) is 14.2. The number of aryl methyl sites for hydroxylation is 1. The van der Waals surface area contributed by atoms with E-state index in [-0.39, 0.29) is 10.6 Å². The molecular weight excluding hydrogens is 380 g/mol. The maximum Gasteiger partial charge on any atom is 0.340 e. The van der Waals surface area contributed by atoms with Crippen LogP contribution in [0.25, 0.3) is 0 Å². The number of aromatic carboxylic acids is 1. The molecule has 0 unspecified atom stereocenters. The van der Waals surface area contributed by atoms with Gasteiger partial charge in [0, 0.05) is 11.5 Å². The molecule has 0 aliphatic heterocycles. The van der Waals surface area contributed by atoms with Crippen LogP contribution in [0.1, 0.15) is 26.4 Å². The number of carboxylic acids is 1. The van der Waals surface area contributed by atoms with Crippen molar-refractivity contribution in [2.24, 2.45) is 0 Å². The van der Waals surface area contributed by atoms with Crippen molar-refractivity contribution in [3.05, 3.63) is 44.5 Å². The van der Waals surface area contributed by atoms with Gasteiger partial charge >= 0.3 is 5.97 Å². The molecule has 2 aromatic rings. The number of carboxylic acid groups (broad SMARTS) is 1. The minimum Gasteiger partial charge on any atom is -0.478 e. The summed E-state index contributed by atoms with van der Waals surface area (Å²) in [6.07, 6.45) is 0. The van der Waals surface area contributed by atoms with Crippen molar-refractivity contribution in [2.45, 2.75) is 6.92 Å². The summed E-state index contributed by atoms with van der Waals surface area (Å²) in [5.41, 5.74) is 0.706. The fourth-order valence-corrected chi connectivity index (χ4v) is 3.37. The van der Waals surface area contributed by atoms with Gasteiger partial charge in [0.25, 0.3) is 5.91 Å². The Bertz CT molecular complexity index is 732. The predicted molar refractivity (Wildman–Crippen MR) is 85.7 cm³/mol. The number of anilines is 1. The Kier molecular flexibility index (Phi) is 4.65. The van der Waals surface area contributed by atoms with Crippen molar-refractivity contribution < 1.29 is 14.7 Å². The van der Waals surface area contributed by atoms with Gasteiger partial charge in [0.2, 0.25) is 0 Å². The quantitative estimate of drug-likeness (QED) is 0.866. The summed E-state index contributed by atoms with van der Waals surface area (Å²) in [6.45, 7) is 1.59. The van der Waals surface area contributed by atoms with Crippen molar-refractivity contribution in [1.82, 2.24) is 4.37 Å². The Morgan fingerprint density at radius 3 is 2.67 bits per heavy atom. The summed E-state index contributed by atoms with van der Waals surface area (Å²) in [5, 5.41) is 9.80. The molecule has 2 rings (SSSR count). The van der Waals surface area contributed by atoms with Crippen molar-refractivity contribution in [2.75, 3.05) is 11.9 Å². The van der Waals surface area contributed by atoms with Crippen molar-refractivity contribution >= 4 is 55.9 Å². The van der Waals surface area contributed by atoms with E-state index in [0.29, 0.717) is 16.3 Å². The molecule has 0 fully saturated rings. The molecule has 0 atom stereocenters. The normalized spacial score (nSPS) is 10.5. The summed E-state index contributed by atoms with van der Waals surface area (Å²) in [6, 6.07) is 4.89. The molecule has 1 aromatic heterocycles.